The van der Waals surface area contributed by atoms with Gasteiger partial charge in [-0.05, 0) is 6.92 Å². The van der Waals surface area contributed by atoms with Gasteiger partial charge in [-0.15, -0.1) is 0 Å². The fourth-order valence-electron chi connectivity index (χ4n) is 1.52. The Morgan fingerprint density at radius 1 is 1.42 bits per heavy atom. The Hall–Kier alpha value is -1.45. The molecule has 2 aromatic rings. The van der Waals surface area contributed by atoms with Crippen molar-refractivity contribution in [2.45, 2.75) is 6.92 Å². The molecule has 2 N–H and O–H groups in total. The molecule has 10 heteroatoms. The van der Waals surface area contributed by atoms with Gasteiger partial charge in [0.05, 0.1) is 6.26 Å². The summed E-state index contributed by atoms with van der Waals surface area (Å²) in [6.45, 7) is 2.44. The van der Waals surface area contributed by atoms with Gasteiger partial charge < -0.3 is 5.32 Å². The van der Waals surface area contributed by atoms with E-state index in [2.05, 4.69) is 25.1 Å². The summed E-state index contributed by atoms with van der Waals surface area (Å²) in [5, 5.41) is 7.43. The minimum atomic E-state index is -3.19. The van der Waals surface area contributed by atoms with E-state index in [1.807, 2.05) is 0 Å². The third-order valence-corrected chi connectivity index (χ3v) is 3.48. The number of nitrogens with zero attached hydrogens (tertiary/aromatic N) is 4. The minimum absolute atomic E-state index is 0.258. The van der Waals surface area contributed by atoms with Gasteiger partial charge in [-0.2, -0.15) is 19.6 Å². The zero-order valence-electron chi connectivity index (χ0n) is 10.4. The molecule has 8 nitrogen and oxygen atoms in total. The number of sulfonamides is 1. The number of anilines is 1. The lowest BCUT2D eigenvalue weighted by atomic mass is 10.3. The monoisotopic (exact) mass is 304 g/mol. The first-order chi connectivity index (χ1) is 8.88. The minimum Gasteiger partial charge on any atom is -0.368 e. The van der Waals surface area contributed by atoms with Gasteiger partial charge in [-0.3, -0.25) is 0 Å². The maximum atomic E-state index is 10.9. The molecule has 104 valence electrons. The predicted octanol–water partition coefficient (Wildman–Crippen LogP) is 0.0472. The molecule has 0 saturated carbocycles. The van der Waals surface area contributed by atoms with Crippen molar-refractivity contribution in [1.82, 2.24) is 24.3 Å². The zero-order chi connectivity index (χ0) is 14.0. The molecule has 2 heterocycles. The van der Waals surface area contributed by atoms with Crippen LogP contribution in [0.5, 0.6) is 0 Å². The predicted molar refractivity (Wildman–Crippen MR) is 71.9 cm³/mol. The Kier molecular flexibility index (Phi) is 3.88. The van der Waals surface area contributed by atoms with E-state index in [0.717, 1.165) is 11.8 Å². The van der Waals surface area contributed by atoms with Crippen molar-refractivity contribution in [2.75, 3.05) is 24.7 Å². The number of hydrogen-bond donors (Lipinski definition) is 2. The number of halogens is 1. The zero-order valence-corrected chi connectivity index (χ0v) is 12.0. The van der Waals surface area contributed by atoms with Crippen molar-refractivity contribution in [2.24, 2.45) is 0 Å². The van der Waals surface area contributed by atoms with Gasteiger partial charge in [0, 0.05) is 18.7 Å². The second kappa shape index (κ2) is 5.27. The Bertz CT molecular complexity index is 698. The molecule has 0 atom stereocenters. The SMILES string of the molecule is Cc1c(Cl)nc2ncnn2c1NCCNS(C)(=O)=O. The van der Waals surface area contributed by atoms with E-state index in [0.29, 0.717) is 23.3 Å². The highest BCUT2D eigenvalue weighted by Gasteiger charge is 2.11. The van der Waals surface area contributed by atoms with Crippen LogP contribution < -0.4 is 10.0 Å². The first-order valence-corrected chi connectivity index (χ1v) is 7.70. The summed E-state index contributed by atoms with van der Waals surface area (Å²) >= 11 is 5.99. The molecule has 0 aliphatic rings. The van der Waals surface area contributed by atoms with Crippen LogP contribution in [0.2, 0.25) is 5.15 Å². The molecule has 2 aromatic heterocycles. The highest BCUT2D eigenvalue weighted by molar-refractivity contribution is 7.88. The van der Waals surface area contributed by atoms with E-state index in [9.17, 15) is 8.42 Å². The Morgan fingerprint density at radius 3 is 2.84 bits per heavy atom. The molecule has 0 amide bonds. The molecule has 0 fully saturated rings. The molecule has 0 aliphatic heterocycles. The van der Waals surface area contributed by atoms with Crippen molar-refractivity contribution in [3.8, 4) is 0 Å². The molecule has 0 aromatic carbocycles. The standard InChI is InChI=1S/C9H13ClN6O2S/c1-6-7(10)15-9-12-5-13-16(9)8(6)11-3-4-14-19(2,17)18/h5,11,14H,3-4H2,1-2H3. The Morgan fingerprint density at radius 2 is 2.16 bits per heavy atom. The first-order valence-electron chi connectivity index (χ1n) is 5.43. The molecule has 0 aliphatic carbocycles. The van der Waals surface area contributed by atoms with Crippen LogP contribution in [0.25, 0.3) is 5.78 Å². The van der Waals surface area contributed by atoms with Gasteiger partial charge in [0.1, 0.15) is 17.3 Å². The van der Waals surface area contributed by atoms with Gasteiger partial charge in [-0.1, -0.05) is 11.6 Å². The van der Waals surface area contributed by atoms with Crippen LogP contribution in [0.3, 0.4) is 0 Å². The van der Waals surface area contributed by atoms with E-state index in [4.69, 9.17) is 11.6 Å². The summed E-state index contributed by atoms with van der Waals surface area (Å²) in [5.74, 6) is 1.02. The van der Waals surface area contributed by atoms with Crippen molar-refractivity contribution < 1.29 is 8.42 Å². The highest BCUT2D eigenvalue weighted by Crippen LogP contribution is 2.21. The maximum absolute atomic E-state index is 10.9. The lowest BCUT2D eigenvalue weighted by Crippen LogP contribution is -2.28. The van der Waals surface area contributed by atoms with Crippen LogP contribution in [0.4, 0.5) is 5.82 Å². The molecule has 0 saturated heterocycles. The van der Waals surface area contributed by atoms with Gasteiger partial charge in [0.25, 0.3) is 5.78 Å². The summed E-state index contributed by atoms with van der Waals surface area (Å²) < 4.78 is 25.8. The Balaban J connectivity index is 2.16. The van der Waals surface area contributed by atoms with Crippen molar-refractivity contribution in [1.29, 1.82) is 0 Å². The third kappa shape index (κ3) is 3.31. The van der Waals surface area contributed by atoms with Crippen LogP contribution in [0.15, 0.2) is 6.33 Å². The molecular formula is C9H13ClN6O2S. The van der Waals surface area contributed by atoms with E-state index < -0.39 is 10.0 Å². The van der Waals surface area contributed by atoms with Gasteiger partial charge in [0.15, 0.2) is 0 Å². The second-order valence-corrected chi connectivity index (χ2v) is 6.13. The first kappa shape index (κ1) is 14.0. The largest absolute Gasteiger partial charge is 0.368 e. The summed E-state index contributed by atoms with van der Waals surface area (Å²) in [6.07, 6.45) is 2.48. The number of fused-ring (bicyclic) bond motifs is 1. The molecule has 19 heavy (non-hydrogen) atoms. The molecule has 0 spiro atoms. The summed E-state index contributed by atoms with van der Waals surface area (Å²) in [7, 11) is -3.19. The molecule has 0 unspecified atom stereocenters. The normalized spacial score (nSPS) is 11.9. The van der Waals surface area contributed by atoms with Crippen LogP contribution >= 0.6 is 11.6 Å². The number of aromatic nitrogens is 4. The van der Waals surface area contributed by atoms with Crippen LogP contribution in [-0.4, -0.2) is 47.3 Å². The van der Waals surface area contributed by atoms with E-state index in [1.165, 1.54) is 10.8 Å². The number of hydrogen-bond acceptors (Lipinski definition) is 6. The summed E-state index contributed by atoms with van der Waals surface area (Å²) in [5.41, 5.74) is 0.721. The van der Waals surface area contributed by atoms with Gasteiger partial charge >= 0.3 is 0 Å². The molecule has 0 radical (unpaired) electrons. The van der Waals surface area contributed by atoms with E-state index >= 15 is 0 Å². The van der Waals surface area contributed by atoms with Crippen molar-refractivity contribution in [3.05, 3.63) is 17.0 Å². The lowest BCUT2D eigenvalue weighted by Gasteiger charge is -2.11. The second-order valence-electron chi connectivity index (χ2n) is 3.94. The van der Waals surface area contributed by atoms with Crippen molar-refractivity contribution >= 4 is 33.2 Å². The number of nitrogens with one attached hydrogen (secondary N) is 2. The summed E-state index contributed by atoms with van der Waals surface area (Å²) in [6, 6.07) is 0. The van der Waals surface area contributed by atoms with E-state index in [1.54, 1.807) is 6.92 Å². The average Bonchev–Trinajstić information content (AvgIpc) is 2.74. The molecule has 2 rings (SSSR count). The average molecular weight is 305 g/mol. The highest BCUT2D eigenvalue weighted by atomic mass is 35.5. The third-order valence-electron chi connectivity index (χ3n) is 2.39. The summed E-state index contributed by atoms with van der Waals surface area (Å²) in [4.78, 5) is 8.02. The van der Waals surface area contributed by atoms with E-state index in [-0.39, 0.29) is 6.54 Å². The quantitative estimate of drug-likeness (QED) is 0.598. The van der Waals surface area contributed by atoms with Crippen LogP contribution in [-0.2, 0) is 10.0 Å². The fourth-order valence-corrected chi connectivity index (χ4v) is 2.16. The van der Waals surface area contributed by atoms with Crippen molar-refractivity contribution in [3.63, 3.8) is 0 Å². The lowest BCUT2D eigenvalue weighted by molar-refractivity contribution is 0.589. The molecular weight excluding hydrogens is 292 g/mol. The number of rotatable bonds is 5. The Labute approximate surface area is 115 Å². The fraction of sp³-hybridized carbons (Fsp3) is 0.444. The topological polar surface area (TPSA) is 101 Å². The van der Waals surface area contributed by atoms with Gasteiger partial charge in [0.2, 0.25) is 10.0 Å². The van der Waals surface area contributed by atoms with Crippen LogP contribution in [0, 0.1) is 6.92 Å². The van der Waals surface area contributed by atoms with Crippen LogP contribution in [0.1, 0.15) is 5.56 Å². The smallest absolute Gasteiger partial charge is 0.255 e. The maximum Gasteiger partial charge on any atom is 0.255 e. The van der Waals surface area contributed by atoms with Gasteiger partial charge in [-0.25, -0.2) is 13.1 Å². The molecule has 0 bridgehead atoms.